The Morgan fingerprint density at radius 2 is 2.40 bits per heavy atom. The van der Waals surface area contributed by atoms with Crippen LogP contribution in [0.15, 0.2) is 24.8 Å². The molecular weight excluding hydrogens is 386 g/mol. The highest BCUT2D eigenvalue weighted by atomic mass is 127. The fraction of sp³-hybridized carbons (Fsp3) is 0.250. The number of hydrazine groups is 1. The fourth-order valence-electron chi connectivity index (χ4n) is 2.16. The Morgan fingerprint density at radius 1 is 1.55 bits per heavy atom. The Hall–Kier alpha value is -1.23. The quantitative estimate of drug-likeness (QED) is 0.370. The maximum atomic E-state index is 8.77. The third-order valence-electron chi connectivity index (χ3n) is 3.12. The Balaban J connectivity index is 1.96. The molecule has 2 aromatic rings. The van der Waals surface area contributed by atoms with Crippen molar-refractivity contribution < 1.29 is 0 Å². The molecule has 3 rings (SSSR count). The van der Waals surface area contributed by atoms with Gasteiger partial charge in [-0.05, 0) is 15.5 Å². The largest absolute Gasteiger partial charge is 0.317 e. The molecule has 102 valence electrons. The molecule has 2 atom stereocenters. The molecule has 0 aliphatic carbocycles. The third kappa shape index (κ3) is 2.39. The number of rotatable bonds is 3. The van der Waals surface area contributed by atoms with Crippen molar-refractivity contribution in [2.75, 3.05) is 6.54 Å². The van der Waals surface area contributed by atoms with E-state index in [0.717, 1.165) is 22.3 Å². The summed E-state index contributed by atoms with van der Waals surface area (Å²) < 4.78 is 2.01. The summed E-state index contributed by atoms with van der Waals surface area (Å²) in [5.41, 5.74) is 6.20. The van der Waals surface area contributed by atoms with Crippen molar-refractivity contribution in [3.8, 4) is 6.07 Å². The van der Waals surface area contributed by atoms with Gasteiger partial charge >= 0.3 is 0 Å². The Bertz CT molecular complexity index is 718. The van der Waals surface area contributed by atoms with Crippen LogP contribution in [0.2, 0.25) is 0 Å². The number of nitriles is 1. The summed E-state index contributed by atoms with van der Waals surface area (Å²) in [6.45, 7) is 0.707. The van der Waals surface area contributed by atoms with E-state index in [2.05, 4.69) is 53.4 Å². The first-order valence-corrected chi connectivity index (χ1v) is 7.78. The number of nitrogens with one attached hydrogen (secondary N) is 1. The minimum absolute atomic E-state index is 0.110. The van der Waals surface area contributed by atoms with Gasteiger partial charge in [0.05, 0.1) is 18.2 Å². The van der Waals surface area contributed by atoms with Gasteiger partial charge in [0.2, 0.25) is 0 Å². The monoisotopic (exact) mass is 398 g/mol. The van der Waals surface area contributed by atoms with Gasteiger partial charge in [0, 0.05) is 29.9 Å². The van der Waals surface area contributed by atoms with E-state index in [1.807, 2.05) is 27.8 Å². The number of hydrogen-bond acceptors (Lipinski definition) is 5. The minimum Gasteiger partial charge on any atom is -0.317 e. The molecule has 0 fully saturated rings. The van der Waals surface area contributed by atoms with Gasteiger partial charge in [-0.25, -0.2) is 15.4 Å². The van der Waals surface area contributed by atoms with E-state index in [9.17, 15) is 0 Å². The molecule has 1 N–H and O–H groups in total. The van der Waals surface area contributed by atoms with Crippen LogP contribution in [-0.2, 0) is 0 Å². The van der Waals surface area contributed by atoms with Crippen LogP contribution in [0, 0.1) is 11.3 Å². The van der Waals surface area contributed by atoms with Gasteiger partial charge in [0.25, 0.3) is 0 Å². The first-order valence-electron chi connectivity index (χ1n) is 6.02. The maximum absolute atomic E-state index is 8.77. The zero-order valence-electron chi connectivity index (χ0n) is 10.5. The predicted molar refractivity (Wildman–Crippen MR) is 88.5 cm³/mol. The third-order valence-corrected chi connectivity index (χ3v) is 4.58. The summed E-state index contributed by atoms with van der Waals surface area (Å²) >= 11 is 2.25. The van der Waals surface area contributed by atoms with Gasteiger partial charge in [0.1, 0.15) is 16.0 Å². The van der Waals surface area contributed by atoms with Crippen LogP contribution < -0.4 is 5.43 Å². The number of hydrogen-bond donors (Lipinski definition) is 1. The molecular formula is C12H12IN6P. The smallest absolute Gasteiger partial charge is 0.146 e. The highest BCUT2D eigenvalue weighted by Gasteiger charge is 2.21. The van der Waals surface area contributed by atoms with Crippen molar-refractivity contribution in [1.29, 1.82) is 5.26 Å². The first kappa shape index (κ1) is 13.7. The molecule has 0 aromatic carbocycles. The normalized spacial score (nSPS) is 16.2. The summed E-state index contributed by atoms with van der Waals surface area (Å²) in [4.78, 5) is 8.69. The van der Waals surface area contributed by atoms with E-state index in [4.69, 9.17) is 5.26 Å². The van der Waals surface area contributed by atoms with Gasteiger partial charge in [-0.15, -0.1) is 0 Å². The summed E-state index contributed by atoms with van der Waals surface area (Å²) in [7, 11) is 2.61. The molecule has 0 saturated heterocycles. The van der Waals surface area contributed by atoms with Crippen LogP contribution >= 0.6 is 32.0 Å². The number of nitrogens with zero attached hydrogens (tertiary/aromatic N) is 5. The van der Waals surface area contributed by atoms with Crippen molar-refractivity contribution in [1.82, 2.24) is 24.7 Å². The Kier molecular flexibility index (Phi) is 3.87. The molecule has 1 aliphatic heterocycles. The van der Waals surface area contributed by atoms with Gasteiger partial charge in [-0.3, -0.25) is 0 Å². The SMILES string of the molecule is N#CC[C@H](I)N1C=C(c2ncnc3c2ccn3P)CN1. The van der Waals surface area contributed by atoms with Crippen molar-refractivity contribution in [2.24, 2.45) is 0 Å². The molecule has 1 unspecified atom stereocenters. The Labute approximate surface area is 132 Å². The van der Waals surface area contributed by atoms with Crippen LogP contribution in [0.3, 0.4) is 0 Å². The second kappa shape index (κ2) is 5.64. The average molecular weight is 398 g/mol. The van der Waals surface area contributed by atoms with Crippen LogP contribution in [0.1, 0.15) is 12.1 Å². The molecule has 1 aliphatic rings. The van der Waals surface area contributed by atoms with Crippen LogP contribution in [0.25, 0.3) is 16.6 Å². The average Bonchev–Trinajstić information content (AvgIpc) is 3.07. The summed E-state index contributed by atoms with van der Waals surface area (Å²) in [6, 6.07) is 4.19. The van der Waals surface area contributed by atoms with Gasteiger partial charge in [-0.1, -0.05) is 22.6 Å². The highest BCUT2D eigenvalue weighted by molar-refractivity contribution is 14.1. The topological polar surface area (TPSA) is 69.8 Å². The number of fused-ring (bicyclic) bond motifs is 1. The standard InChI is InChI=1S/C12H12IN6P/c13-10(1-3-14)18-6-8(5-17-18)11-9-2-4-19(20)12(9)16-7-15-11/h2,4,6-7,10,17H,1,5,20H2/t10-/m1/s1. The fourth-order valence-corrected chi connectivity index (χ4v) is 3.01. The van der Waals surface area contributed by atoms with Gasteiger partial charge in [-0.2, -0.15) is 5.26 Å². The van der Waals surface area contributed by atoms with Crippen molar-refractivity contribution in [3.05, 3.63) is 30.5 Å². The van der Waals surface area contributed by atoms with Crippen LogP contribution in [-0.4, -0.2) is 29.9 Å². The van der Waals surface area contributed by atoms with E-state index >= 15 is 0 Å². The molecule has 0 spiro atoms. The summed E-state index contributed by atoms with van der Waals surface area (Å²) in [6.07, 6.45) is 6.03. The molecule has 6 nitrogen and oxygen atoms in total. The van der Waals surface area contributed by atoms with Crippen LogP contribution in [0.4, 0.5) is 0 Å². The molecule has 2 aromatic heterocycles. The molecule has 0 bridgehead atoms. The van der Waals surface area contributed by atoms with E-state index in [0.29, 0.717) is 13.0 Å². The molecule has 8 heteroatoms. The Morgan fingerprint density at radius 3 is 3.20 bits per heavy atom. The van der Waals surface area contributed by atoms with Crippen molar-refractivity contribution >= 4 is 48.6 Å². The summed E-state index contributed by atoms with van der Waals surface area (Å²) in [5.74, 6) is 0. The molecule has 20 heavy (non-hydrogen) atoms. The molecule has 0 amide bonds. The van der Waals surface area contributed by atoms with Crippen molar-refractivity contribution in [2.45, 2.75) is 10.5 Å². The zero-order valence-corrected chi connectivity index (χ0v) is 13.8. The zero-order chi connectivity index (χ0) is 14.1. The van der Waals surface area contributed by atoms with E-state index in [1.54, 1.807) is 6.33 Å². The van der Waals surface area contributed by atoms with Crippen molar-refractivity contribution in [3.63, 3.8) is 0 Å². The minimum atomic E-state index is 0.110. The molecule has 3 heterocycles. The van der Waals surface area contributed by atoms with E-state index in [-0.39, 0.29) is 4.05 Å². The lowest BCUT2D eigenvalue weighted by molar-refractivity contribution is 0.300. The summed E-state index contributed by atoms with van der Waals surface area (Å²) in [5, 5.41) is 11.8. The highest BCUT2D eigenvalue weighted by Crippen LogP contribution is 2.27. The maximum Gasteiger partial charge on any atom is 0.146 e. The van der Waals surface area contributed by atoms with Crippen LogP contribution in [0.5, 0.6) is 0 Å². The lowest BCUT2D eigenvalue weighted by Gasteiger charge is -2.19. The van der Waals surface area contributed by atoms with Gasteiger partial charge in [0.15, 0.2) is 0 Å². The predicted octanol–water partition coefficient (Wildman–Crippen LogP) is 1.91. The molecule has 0 saturated carbocycles. The second-order valence-electron chi connectivity index (χ2n) is 4.38. The molecule has 0 radical (unpaired) electrons. The lowest BCUT2D eigenvalue weighted by Crippen LogP contribution is -2.34. The van der Waals surface area contributed by atoms with Gasteiger partial charge < -0.3 is 9.35 Å². The second-order valence-corrected chi connectivity index (χ2v) is 6.37. The number of halogens is 1. The lowest BCUT2D eigenvalue weighted by atomic mass is 10.1. The number of alkyl halides is 1. The van der Waals surface area contributed by atoms with E-state index < -0.39 is 0 Å². The number of aromatic nitrogens is 3. The first-order chi connectivity index (χ1) is 9.70. The van der Waals surface area contributed by atoms with E-state index in [1.165, 1.54) is 0 Å².